The van der Waals surface area contributed by atoms with Gasteiger partial charge in [0.2, 0.25) is 0 Å². The van der Waals surface area contributed by atoms with Crippen LogP contribution >= 0.6 is 0 Å². The van der Waals surface area contributed by atoms with Crippen molar-refractivity contribution in [2.24, 2.45) is 0 Å². The van der Waals surface area contributed by atoms with Crippen molar-refractivity contribution in [1.29, 1.82) is 10.8 Å². The Labute approximate surface area is 73.0 Å². The van der Waals surface area contributed by atoms with Crippen molar-refractivity contribution < 1.29 is 10.0 Å². The summed E-state index contributed by atoms with van der Waals surface area (Å²) in [7, 11) is 0. The summed E-state index contributed by atoms with van der Waals surface area (Å²) in [6, 6.07) is 3.53. The fourth-order valence-electron chi connectivity index (χ4n) is 0.646. The number of hydrogen-bond donors (Lipinski definition) is 2. The normalized spacial score (nSPS) is 8.15. The second-order valence-electron chi connectivity index (χ2n) is 2.00. The molecule has 0 radical (unpaired) electrons. The molecule has 68 valence electrons. The highest BCUT2D eigenvalue weighted by molar-refractivity contribution is 5.56. The molecule has 0 heterocycles. The van der Waals surface area contributed by atoms with Crippen molar-refractivity contribution in [3.63, 3.8) is 0 Å². The van der Waals surface area contributed by atoms with Crippen LogP contribution in [0.4, 0.5) is 11.4 Å². The lowest BCUT2D eigenvalue weighted by Gasteiger charge is -1.95. The van der Waals surface area contributed by atoms with Gasteiger partial charge in [-0.25, -0.2) is 0 Å². The Hall–Kier alpha value is -2.36. The van der Waals surface area contributed by atoms with Crippen molar-refractivity contribution in [2.75, 3.05) is 5.73 Å². The minimum absolute atomic E-state index is 0.135. The van der Waals surface area contributed by atoms with Crippen molar-refractivity contribution >= 4 is 11.4 Å². The maximum Gasteiger partial charge on any atom is 0.273 e. The van der Waals surface area contributed by atoms with Crippen LogP contribution in [0.1, 0.15) is 0 Å². The number of nitrogens with two attached hydrogens (primary N) is 1. The average molecular weight is 182 g/mol. The minimum atomic E-state index is -0.598. The summed E-state index contributed by atoms with van der Waals surface area (Å²) in [5, 5.41) is 31.0. The summed E-state index contributed by atoms with van der Waals surface area (Å²) in [6.45, 7) is 0. The van der Waals surface area contributed by atoms with Crippen molar-refractivity contribution in [1.82, 2.24) is 0 Å². The lowest BCUT2D eigenvalue weighted by molar-refractivity contribution is -0.384. The number of nitrogens with zero attached hydrogens (tertiary/aromatic N) is 3. The summed E-state index contributed by atoms with van der Waals surface area (Å²) in [4.78, 5) is 9.52. The molecule has 1 aromatic rings. The topological polar surface area (TPSA) is 137 Å². The average Bonchev–Trinajstić information content (AvgIpc) is 2.13. The molecule has 0 amide bonds. The Kier molecular flexibility index (Phi) is 3.69. The molecule has 0 fully saturated rings. The van der Waals surface area contributed by atoms with Crippen LogP contribution in [0.15, 0.2) is 18.2 Å². The van der Waals surface area contributed by atoms with Crippen LogP contribution in [-0.2, 0) is 0 Å². The van der Waals surface area contributed by atoms with E-state index in [0.29, 0.717) is 0 Å². The van der Waals surface area contributed by atoms with Gasteiger partial charge in [-0.05, 0) is 6.07 Å². The highest BCUT2D eigenvalue weighted by atomic mass is 16.6. The van der Waals surface area contributed by atoms with E-state index in [-0.39, 0.29) is 17.1 Å². The van der Waals surface area contributed by atoms with Crippen molar-refractivity contribution in [2.45, 2.75) is 0 Å². The molecule has 0 bridgehead atoms. The molecule has 0 unspecified atom stereocenters. The van der Waals surface area contributed by atoms with Crippen LogP contribution in [-0.4, -0.2) is 10.0 Å². The summed E-state index contributed by atoms with van der Waals surface area (Å²) in [6.07, 6.45) is 0. The summed E-state index contributed by atoms with van der Waals surface area (Å²) in [5.74, 6) is -0.265. The summed E-state index contributed by atoms with van der Waals surface area (Å²) < 4.78 is 0. The number of nitro groups is 1. The maximum atomic E-state index is 10.1. The third-order valence-electron chi connectivity index (χ3n) is 1.22. The van der Waals surface area contributed by atoms with E-state index in [1.165, 1.54) is 12.1 Å². The highest BCUT2D eigenvalue weighted by Gasteiger charge is 2.06. The number of non-ortho nitro benzene ring substituents is 1. The number of hydrogen-bond acceptors (Lipinski definition) is 6. The first-order valence-electron chi connectivity index (χ1n) is 3.04. The second-order valence-corrected chi connectivity index (χ2v) is 2.00. The van der Waals surface area contributed by atoms with Gasteiger partial charge < -0.3 is 10.8 Å². The molecule has 13 heavy (non-hydrogen) atoms. The van der Waals surface area contributed by atoms with Crippen LogP contribution in [0.5, 0.6) is 5.75 Å². The summed E-state index contributed by atoms with van der Waals surface area (Å²) >= 11 is 0. The van der Waals surface area contributed by atoms with Gasteiger partial charge in [-0.2, -0.15) is 0 Å². The van der Waals surface area contributed by atoms with E-state index in [0.717, 1.165) is 6.07 Å². The van der Waals surface area contributed by atoms with Crippen LogP contribution in [0.3, 0.4) is 0 Å². The molecule has 0 aliphatic carbocycles. The van der Waals surface area contributed by atoms with Crippen LogP contribution in [0.2, 0.25) is 0 Å². The van der Waals surface area contributed by atoms with Gasteiger partial charge in [0, 0.05) is 16.9 Å². The number of nitrogen functional groups attached to an aromatic ring is 1. The van der Waals surface area contributed by atoms with Crippen LogP contribution in [0, 0.1) is 20.9 Å². The van der Waals surface area contributed by atoms with Gasteiger partial charge in [-0.3, -0.25) is 10.1 Å². The SMILES string of the molecule is N#N.Nc1ccc([N+](=O)[O-])cc1O. The lowest BCUT2D eigenvalue weighted by Crippen LogP contribution is -1.89. The van der Waals surface area contributed by atoms with Gasteiger partial charge in [0.1, 0.15) is 5.75 Å². The minimum Gasteiger partial charge on any atom is -0.506 e. The molecule has 0 saturated carbocycles. The van der Waals surface area contributed by atoms with Crippen LogP contribution < -0.4 is 5.73 Å². The number of rotatable bonds is 1. The van der Waals surface area contributed by atoms with Gasteiger partial charge in [-0.1, -0.05) is 0 Å². The molecule has 0 aliphatic heterocycles. The predicted octanol–water partition coefficient (Wildman–Crippen LogP) is 0.913. The molecule has 1 aromatic carbocycles. The smallest absolute Gasteiger partial charge is 0.273 e. The third kappa shape index (κ3) is 2.63. The van der Waals surface area contributed by atoms with Gasteiger partial charge in [0.15, 0.2) is 0 Å². The van der Waals surface area contributed by atoms with Gasteiger partial charge in [-0.15, -0.1) is 0 Å². The van der Waals surface area contributed by atoms with Crippen molar-refractivity contribution in [3.8, 4) is 5.75 Å². The zero-order valence-corrected chi connectivity index (χ0v) is 6.41. The molecule has 0 aliphatic rings. The number of phenols is 1. The Morgan fingerprint density at radius 1 is 1.46 bits per heavy atom. The Bertz CT molecular complexity index is 336. The molecule has 1 rings (SSSR count). The first kappa shape index (κ1) is 10.6. The first-order valence-corrected chi connectivity index (χ1v) is 3.04. The van der Waals surface area contributed by atoms with E-state index in [1.54, 1.807) is 0 Å². The molecule has 0 spiro atoms. The predicted molar refractivity (Wildman–Crippen MR) is 42.6 cm³/mol. The summed E-state index contributed by atoms with van der Waals surface area (Å²) in [5.41, 5.74) is 5.18. The Morgan fingerprint density at radius 2 is 2.00 bits per heavy atom. The molecule has 7 nitrogen and oxygen atoms in total. The number of benzene rings is 1. The standard InChI is InChI=1S/C6H6N2O3.N2/c7-5-2-1-4(8(10)11)3-6(5)9;1-2/h1-3,9H,7H2;. The van der Waals surface area contributed by atoms with Gasteiger partial charge >= 0.3 is 0 Å². The Balaban J connectivity index is 0.000000671. The van der Waals surface area contributed by atoms with E-state index in [2.05, 4.69) is 0 Å². The quantitative estimate of drug-likeness (QED) is 0.217. The first-order chi connectivity index (χ1) is 6.11. The zero-order valence-electron chi connectivity index (χ0n) is 6.41. The number of nitro benzene ring substituents is 1. The number of anilines is 1. The Morgan fingerprint density at radius 3 is 2.38 bits per heavy atom. The highest BCUT2D eigenvalue weighted by Crippen LogP contribution is 2.24. The molecule has 0 saturated heterocycles. The van der Waals surface area contributed by atoms with E-state index in [4.69, 9.17) is 21.6 Å². The van der Waals surface area contributed by atoms with E-state index in [9.17, 15) is 10.1 Å². The van der Waals surface area contributed by atoms with Gasteiger partial charge in [0.25, 0.3) is 5.69 Å². The van der Waals surface area contributed by atoms with E-state index >= 15 is 0 Å². The second kappa shape index (κ2) is 4.50. The van der Waals surface area contributed by atoms with Crippen LogP contribution in [0.25, 0.3) is 0 Å². The number of phenolic OH excluding ortho intramolecular Hbond substituents is 1. The zero-order chi connectivity index (χ0) is 10.4. The molecular weight excluding hydrogens is 176 g/mol. The molecule has 7 heteroatoms. The van der Waals surface area contributed by atoms with Crippen molar-refractivity contribution in [3.05, 3.63) is 28.3 Å². The third-order valence-corrected chi connectivity index (χ3v) is 1.22. The fraction of sp³-hybridized carbons (Fsp3) is 0. The molecule has 3 N–H and O–H groups in total. The number of aromatic hydroxyl groups is 1. The monoisotopic (exact) mass is 182 g/mol. The lowest BCUT2D eigenvalue weighted by atomic mass is 10.3. The van der Waals surface area contributed by atoms with Gasteiger partial charge in [0.05, 0.1) is 16.7 Å². The van der Waals surface area contributed by atoms with E-state index < -0.39 is 4.92 Å². The largest absolute Gasteiger partial charge is 0.506 e. The van der Waals surface area contributed by atoms with E-state index in [1.807, 2.05) is 0 Å². The fourth-order valence-corrected chi connectivity index (χ4v) is 0.646. The molecular formula is C6H6N4O3. The molecule has 0 aromatic heterocycles. The maximum absolute atomic E-state index is 10.1. The molecule has 0 atom stereocenters.